The average molecular weight is 360 g/mol. The zero-order valence-corrected chi connectivity index (χ0v) is 16.9. The van der Waals surface area contributed by atoms with Crippen molar-refractivity contribution in [3.05, 3.63) is 82.9 Å². The van der Waals surface area contributed by atoms with E-state index < -0.39 is 0 Å². The number of rotatable bonds is 4. The van der Waals surface area contributed by atoms with Crippen molar-refractivity contribution in [3.63, 3.8) is 0 Å². The zero-order valence-electron chi connectivity index (χ0n) is 16.9. The van der Waals surface area contributed by atoms with E-state index in [-0.39, 0.29) is 11.4 Å². The number of esters is 1. The first kappa shape index (κ1) is 19.2. The van der Waals surface area contributed by atoms with Gasteiger partial charge in [0.15, 0.2) is 0 Å². The van der Waals surface area contributed by atoms with Gasteiger partial charge >= 0.3 is 5.97 Å². The Morgan fingerprint density at radius 1 is 1.04 bits per heavy atom. The number of hydrogen-bond acceptors (Lipinski definition) is 2. The molecule has 0 saturated heterocycles. The Labute approximate surface area is 162 Å². The van der Waals surface area contributed by atoms with Gasteiger partial charge in [0.25, 0.3) is 0 Å². The highest BCUT2D eigenvalue weighted by Crippen LogP contribution is 2.42. The van der Waals surface area contributed by atoms with Crippen molar-refractivity contribution in [1.82, 2.24) is 0 Å². The first-order valence-corrected chi connectivity index (χ1v) is 9.47. The average Bonchev–Trinajstić information content (AvgIpc) is 2.66. The van der Waals surface area contributed by atoms with Crippen molar-refractivity contribution >= 4 is 17.1 Å². The molecule has 0 radical (unpaired) electrons. The van der Waals surface area contributed by atoms with Crippen LogP contribution in [0.25, 0.3) is 11.1 Å². The lowest BCUT2D eigenvalue weighted by atomic mass is 9.71. The maximum atomic E-state index is 11.6. The van der Waals surface area contributed by atoms with Crippen LogP contribution in [0.2, 0.25) is 0 Å². The zero-order chi connectivity index (χ0) is 19.8. The van der Waals surface area contributed by atoms with Crippen LogP contribution in [0.1, 0.15) is 66.7 Å². The third-order valence-electron chi connectivity index (χ3n) is 5.52. The summed E-state index contributed by atoms with van der Waals surface area (Å²) in [4.78, 5) is 11.6. The number of carbonyl (C=O) groups excluding carboxylic acids is 1. The van der Waals surface area contributed by atoms with Crippen LogP contribution >= 0.6 is 0 Å². The molecule has 2 aromatic rings. The summed E-state index contributed by atoms with van der Waals surface area (Å²) in [5.74, 6) is 0.164. The summed E-state index contributed by atoms with van der Waals surface area (Å²) in [7, 11) is 1.39. The second kappa shape index (κ2) is 7.19. The lowest BCUT2D eigenvalue weighted by Crippen LogP contribution is -2.22. The van der Waals surface area contributed by atoms with Crippen molar-refractivity contribution in [2.75, 3.05) is 7.11 Å². The van der Waals surface area contributed by atoms with Gasteiger partial charge in [-0.1, -0.05) is 64.6 Å². The van der Waals surface area contributed by atoms with Crippen LogP contribution in [-0.2, 0) is 10.2 Å². The topological polar surface area (TPSA) is 26.3 Å². The first-order valence-electron chi connectivity index (χ1n) is 9.47. The van der Waals surface area contributed by atoms with E-state index in [4.69, 9.17) is 4.74 Å². The molecule has 0 heterocycles. The standard InChI is InChI=1S/C25H28O2/c1-16(2)21-13-14-25(4,5)23-12-11-20(15-22(21)23)17(3)18-7-9-19(10-8-18)24(26)27-6/h7-13,15-16H,3,14H2,1-2,4-6H3. The minimum Gasteiger partial charge on any atom is -0.465 e. The molecule has 0 fully saturated rings. The molecule has 1 aliphatic rings. The largest absolute Gasteiger partial charge is 0.465 e. The molecule has 0 unspecified atom stereocenters. The van der Waals surface area contributed by atoms with Gasteiger partial charge in [-0.25, -0.2) is 4.79 Å². The van der Waals surface area contributed by atoms with Gasteiger partial charge in [-0.05, 0) is 69.4 Å². The molecule has 0 aromatic heterocycles. The smallest absolute Gasteiger partial charge is 0.337 e. The third-order valence-corrected chi connectivity index (χ3v) is 5.52. The Kier molecular flexibility index (Phi) is 5.10. The van der Waals surface area contributed by atoms with E-state index in [1.807, 2.05) is 12.1 Å². The van der Waals surface area contributed by atoms with E-state index in [0.717, 1.165) is 23.1 Å². The van der Waals surface area contributed by atoms with E-state index in [0.29, 0.717) is 11.5 Å². The highest BCUT2D eigenvalue weighted by Gasteiger charge is 2.29. The number of benzene rings is 2. The van der Waals surface area contributed by atoms with E-state index in [1.165, 1.54) is 23.8 Å². The van der Waals surface area contributed by atoms with Gasteiger partial charge in [0.1, 0.15) is 0 Å². The fourth-order valence-corrected chi connectivity index (χ4v) is 3.78. The van der Waals surface area contributed by atoms with Gasteiger partial charge in [0.05, 0.1) is 12.7 Å². The molecule has 27 heavy (non-hydrogen) atoms. The molecule has 140 valence electrons. The number of fused-ring (bicyclic) bond motifs is 1. The van der Waals surface area contributed by atoms with Crippen LogP contribution in [0.3, 0.4) is 0 Å². The van der Waals surface area contributed by atoms with Crippen LogP contribution in [0.4, 0.5) is 0 Å². The summed E-state index contributed by atoms with van der Waals surface area (Å²) >= 11 is 0. The fourth-order valence-electron chi connectivity index (χ4n) is 3.78. The molecule has 0 spiro atoms. The van der Waals surface area contributed by atoms with Crippen LogP contribution in [0.15, 0.2) is 55.1 Å². The van der Waals surface area contributed by atoms with Crippen LogP contribution in [0.5, 0.6) is 0 Å². The van der Waals surface area contributed by atoms with Crippen molar-refractivity contribution in [2.24, 2.45) is 5.92 Å². The lowest BCUT2D eigenvalue weighted by molar-refractivity contribution is 0.0600. The van der Waals surface area contributed by atoms with Crippen molar-refractivity contribution < 1.29 is 9.53 Å². The molecule has 0 N–H and O–H groups in total. The number of allylic oxidation sites excluding steroid dienone is 2. The van der Waals surface area contributed by atoms with Gasteiger partial charge in [-0.15, -0.1) is 0 Å². The van der Waals surface area contributed by atoms with Gasteiger partial charge in [-0.2, -0.15) is 0 Å². The van der Waals surface area contributed by atoms with Gasteiger partial charge in [-0.3, -0.25) is 0 Å². The summed E-state index contributed by atoms with van der Waals surface area (Å²) in [6.07, 6.45) is 3.47. The molecular weight excluding hydrogens is 332 g/mol. The second-order valence-corrected chi connectivity index (χ2v) is 8.21. The Morgan fingerprint density at radius 2 is 1.63 bits per heavy atom. The SMILES string of the molecule is C=C(c1ccc(C(=O)OC)cc1)c1ccc2c(c1)C(C(C)C)=CCC2(C)C. The molecule has 0 atom stereocenters. The van der Waals surface area contributed by atoms with Crippen molar-refractivity contribution in [1.29, 1.82) is 0 Å². The summed E-state index contributed by atoms with van der Waals surface area (Å²) in [5.41, 5.74) is 7.94. The molecule has 1 aliphatic carbocycles. The molecule has 2 heteroatoms. The third kappa shape index (κ3) is 3.62. The molecule has 0 saturated carbocycles. The number of hydrogen-bond donors (Lipinski definition) is 0. The predicted molar refractivity (Wildman–Crippen MR) is 113 cm³/mol. The number of ether oxygens (including phenoxy) is 1. The molecular formula is C25H28O2. The maximum Gasteiger partial charge on any atom is 0.337 e. The van der Waals surface area contributed by atoms with Gasteiger partial charge in [0, 0.05) is 0 Å². The maximum absolute atomic E-state index is 11.6. The molecule has 0 aliphatic heterocycles. The first-order chi connectivity index (χ1) is 12.7. The van der Waals surface area contributed by atoms with Gasteiger partial charge in [0.2, 0.25) is 0 Å². The Morgan fingerprint density at radius 3 is 2.22 bits per heavy atom. The Balaban J connectivity index is 1.99. The van der Waals surface area contributed by atoms with Crippen molar-refractivity contribution in [3.8, 4) is 0 Å². The quantitative estimate of drug-likeness (QED) is 0.602. The van der Waals surface area contributed by atoms with E-state index in [1.54, 1.807) is 12.1 Å². The fraction of sp³-hybridized carbons (Fsp3) is 0.320. The molecule has 0 amide bonds. The van der Waals surface area contributed by atoms with E-state index >= 15 is 0 Å². The van der Waals surface area contributed by atoms with Crippen molar-refractivity contribution in [2.45, 2.75) is 39.5 Å². The summed E-state index contributed by atoms with van der Waals surface area (Å²) < 4.78 is 4.77. The Bertz CT molecular complexity index is 912. The molecule has 2 nitrogen and oxygen atoms in total. The minimum atomic E-state index is -0.324. The summed E-state index contributed by atoms with van der Waals surface area (Å²) in [6.45, 7) is 13.4. The summed E-state index contributed by atoms with van der Waals surface area (Å²) in [5, 5.41) is 0. The lowest BCUT2D eigenvalue weighted by Gasteiger charge is -2.34. The highest BCUT2D eigenvalue weighted by atomic mass is 16.5. The predicted octanol–water partition coefficient (Wildman–Crippen LogP) is 6.26. The van der Waals surface area contributed by atoms with Crippen LogP contribution < -0.4 is 0 Å². The normalized spacial score (nSPS) is 15.1. The van der Waals surface area contributed by atoms with E-state index in [2.05, 4.69) is 58.5 Å². The Hall–Kier alpha value is -2.61. The second-order valence-electron chi connectivity index (χ2n) is 8.21. The number of methoxy groups -OCH3 is 1. The summed E-state index contributed by atoms with van der Waals surface area (Å²) in [6, 6.07) is 14.1. The molecule has 2 aromatic carbocycles. The molecule has 3 rings (SSSR count). The van der Waals surface area contributed by atoms with Gasteiger partial charge < -0.3 is 4.74 Å². The monoisotopic (exact) mass is 360 g/mol. The minimum absolute atomic E-state index is 0.149. The number of carbonyl (C=O) groups is 1. The van der Waals surface area contributed by atoms with E-state index in [9.17, 15) is 4.79 Å². The highest BCUT2D eigenvalue weighted by molar-refractivity contribution is 5.90. The molecule has 0 bridgehead atoms. The van der Waals surface area contributed by atoms with Crippen LogP contribution in [-0.4, -0.2) is 13.1 Å². The van der Waals surface area contributed by atoms with Crippen LogP contribution in [0, 0.1) is 5.92 Å².